The fourth-order valence-electron chi connectivity index (χ4n) is 1.29. The van der Waals surface area contributed by atoms with Gasteiger partial charge < -0.3 is 10.2 Å². The smallest absolute Gasteiger partial charge is 0.258 e. The normalized spacial score (nSPS) is 9.82. The molecule has 0 spiro atoms. The molecule has 1 heterocycles. The van der Waals surface area contributed by atoms with Crippen LogP contribution in [0.25, 0.3) is 0 Å². The number of pyridine rings is 1. The molecule has 0 aliphatic rings. The molecule has 0 unspecified atom stereocenters. The standard InChI is InChI=1S/C11H14FN3O2/c1-3-13-9(16)7-15(2)11(17)8-5-4-6-14-10(8)12/h4-6H,3,7H2,1-2H3,(H,13,16). The maximum absolute atomic E-state index is 13.2. The first-order valence-electron chi connectivity index (χ1n) is 5.19. The third kappa shape index (κ3) is 3.51. The molecule has 0 aliphatic carbocycles. The van der Waals surface area contributed by atoms with E-state index in [0.29, 0.717) is 6.54 Å². The quantitative estimate of drug-likeness (QED) is 0.775. The Bertz CT molecular complexity index is 423. The predicted octanol–water partition coefficient (Wildman–Crippen LogP) is 0.429. The van der Waals surface area contributed by atoms with Crippen LogP contribution >= 0.6 is 0 Å². The van der Waals surface area contributed by atoms with Crippen LogP contribution in [0.5, 0.6) is 0 Å². The molecule has 6 heteroatoms. The highest BCUT2D eigenvalue weighted by molar-refractivity contribution is 5.96. The van der Waals surface area contributed by atoms with Crippen molar-refractivity contribution in [2.24, 2.45) is 0 Å². The maximum atomic E-state index is 13.2. The lowest BCUT2D eigenvalue weighted by atomic mass is 10.2. The highest BCUT2D eigenvalue weighted by atomic mass is 19.1. The Morgan fingerprint density at radius 3 is 2.82 bits per heavy atom. The van der Waals surface area contributed by atoms with E-state index in [2.05, 4.69) is 10.3 Å². The lowest BCUT2D eigenvalue weighted by Crippen LogP contribution is -2.38. The number of carbonyl (C=O) groups excluding carboxylic acids is 2. The van der Waals surface area contributed by atoms with Crippen molar-refractivity contribution in [3.05, 3.63) is 29.8 Å². The summed E-state index contributed by atoms with van der Waals surface area (Å²) in [5.41, 5.74) is -0.140. The summed E-state index contributed by atoms with van der Waals surface area (Å²) < 4.78 is 13.2. The van der Waals surface area contributed by atoms with Crippen LogP contribution in [-0.2, 0) is 4.79 Å². The molecule has 5 nitrogen and oxygen atoms in total. The molecular formula is C11H14FN3O2. The molecule has 0 radical (unpaired) electrons. The van der Waals surface area contributed by atoms with E-state index in [9.17, 15) is 14.0 Å². The number of amides is 2. The van der Waals surface area contributed by atoms with Gasteiger partial charge in [-0.3, -0.25) is 9.59 Å². The topological polar surface area (TPSA) is 62.3 Å². The minimum absolute atomic E-state index is 0.110. The summed E-state index contributed by atoms with van der Waals surface area (Å²) in [5.74, 6) is -1.69. The second kappa shape index (κ2) is 5.93. The zero-order valence-electron chi connectivity index (χ0n) is 9.74. The number of likely N-dealkylation sites (N-methyl/N-ethyl adjacent to an activating group) is 2. The van der Waals surface area contributed by atoms with Crippen LogP contribution in [0.15, 0.2) is 18.3 Å². The fraction of sp³-hybridized carbons (Fsp3) is 0.364. The molecule has 0 saturated heterocycles. The van der Waals surface area contributed by atoms with Gasteiger partial charge in [0.25, 0.3) is 5.91 Å². The SMILES string of the molecule is CCNC(=O)CN(C)C(=O)c1cccnc1F. The fourth-order valence-corrected chi connectivity index (χ4v) is 1.29. The van der Waals surface area contributed by atoms with Crippen molar-refractivity contribution in [2.75, 3.05) is 20.1 Å². The first-order chi connectivity index (χ1) is 8.06. The third-order valence-corrected chi connectivity index (χ3v) is 2.09. The van der Waals surface area contributed by atoms with E-state index in [1.54, 1.807) is 6.92 Å². The van der Waals surface area contributed by atoms with E-state index in [1.807, 2.05) is 0 Å². The molecule has 2 amide bonds. The van der Waals surface area contributed by atoms with Gasteiger partial charge in [0.05, 0.1) is 12.1 Å². The third-order valence-electron chi connectivity index (χ3n) is 2.09. The molecule has 0 aliphatic heterocycles. The van der Waals surface area contributed by atoms with Crippen molar-refractivity contribution < 1.29 is 14.0 Å². The molecule has 0 saturated carbocycles. The number of hydrogen-bond donors (Lipinski definition) is 1. The maximum Gasteiger partial charge on any atom is 0.258 e. The van der Waals surface area contributed by atoms with E-state index in [-0.39, 0.29) is 18.0 Å². The van der Waals surface area contributed by atoms with Crippen molar-refractivity contribution >= 4 is 11.8 Å². The van der Waals surface area contributed by atoms with Crippen molar-refractivity contribution in [1.82, 2.24) is 15.2 Å². The molecule has 1 rings (SSSR count). The molecule has 0 atom stereocenters. The van der Waals surface area contributed by atoms with Gasteiger partial charge in [-0.1, -0.05) is 0 Å². The molecule has 0 aromatic carbocycles. The number of halogens is 1. The number of hydrogen-bond acceptors (Lipinski definition) is 3. The first kappa shape index (κ1) is 13.1. The lowest BCUT2D eigenvalue weighted by Gasteiger charge is -2.16. The average molecular weight is 239 g/mol. The highest BCUT2D eigenvalue weighted by Gasteiger charge is 2.18. The summed E-state index contributed by atoms with van der Waals surface area (Å²) in [7, 11) is 1.43. The van der Waals surface area contributed by atoms with Crippen LogP contribution in [0.4, 0.5) is 4.39 Å². The van der Waals surface area contributed by atoms with Crippen LogP contribution in [0.2, 0.25) is 0 Å². The zero-order chi connectivity index (χ0) is 12.8. The largest absolute Gasteiger partial charge is 0.355 e. The minimum Gasteiger partial charge on any atom is -0.355 e. The highest BCUT2D eigenvalue weighted by Crippen LogP contribution is 2.06. The van der Waals surface area contributed by atoms with Gasteiger partial charge in [-0.15, -0.1) is 0 Å². The Labute approximate surface area is 98.6 Å². The molecule has 17 heavy (non-hydrogen) atoms. The number of carbonyl (C=O) groups is 2. The van der Waals surface area contributed by atoms with E-state index >= 15 is 0 Å². The second-order valence-electron chi connectivity index (χ2n) is 3.46. The van der Waals surface area contributed by atoms with Crippen LogP contribution in [-0.4, -0.2) is 41.8 Å². The van der Waals surface area contributed by atoms with E-state index < -0.39 is 11.9 Å². The average Bonchev–Trinajstić information content (AvgIpc) is 2.29. The Morgan fingerprint density at radius 2 is 2.24 bits per heavy atom. The first-order valence-corrected chi connectivity index (χ1v) is 5.19. The second-order valence-corrected chi connectivity index (χ2v) is 3.46. The summed E-state index contributed by atoms with van der Waals surface area (Å²) in [6.45, 7) is 2.16. The number of nitrogens with zero attached hydrogens (tertiary/aromatic N) is 2. The van der Waals surface area contributed by atoms with Crippen molar-refractivity contribution in [3.8, 4) is 0 Å². The van der Waals surface area contributed by atoms with Gasteiger partial charge in [0.15, 0.2) is 0 Å². The van der Waals surface area contributed by atoms with Crippen LogP contribution in [0.1, 0.15) is 17.3 Å². The molecule has 92 valence electrons. The predicted molar refractivity (Wildman–Crippen MR) is 59.8 cm³/mol. The van der Waals surface area contributed by atoms with Gasteiger partial charge in [-0.25, -0.2) is 4.98 Å². The van der Waals surface area contributed by atoms with Gasteiger partial charge in [-0.05, 0) is 19.1 Å². The Kier molecular flexibility index (Phi) is 4.56. The summed E-state index contributed by atoms with van der Waals surface area (Å²) in [6.07, 6.45) is 1.26. The summed E-state index contributed by atoms with van der Waals surface area (Å²) in [4.78, 5) is 27.6. The van der Waals surface area contributed by atoms with Crippen LogP contribution in [0, 0.1) is 5.95 Å². The summed E-state index contributed by atoms with van der Waals surface area (Å²) in [5, 5.41) is 2.56. The summed E-state index contributed by atoms with van der Waals surface area (Å²) >= 11 is 0. The van der Waals surface area contributed by atoms with Gasteiger partial charge in [0.2, 0.25) is 11.9 Å². The van der Waals surface area contributed by atoms with Crippen molar-refractivity contribution in [3.63, 3.8) is 0 Å². The molecule has 0 bridgehead atoms. The van der Waals surface area contributed by atoms with Crippen LogP contribution < -0.4 is 5.32 Å². The van der Waals surface area contributed by atoms with Gasteiger partial charge in [0, 0.05) is 19.8 Å². The Hall–Kier alpha value is -1.98. The lowest BCUT2D eigenvalue weighted by molar-refractivity contribution is -0.121. The van der Waals surface area contributed by atoms with E-state index in [1.165, 1.54) is 25.4 Å². The zero-order valence-corrected chi connectivity index (χ0v) is 9.74. The molecular weight excluding hydrogens is 225 g/mol. The van der Waals surface area contributed by atoms with Gasteiger partial charge in [0.1, 0.15) is 0 Å². The Morgan fingerprint density at radius 1 is 1.53 bits per heavy atom. The van der Waals surface area contributed by atoms with Crippen LogP contribution in [0.3, 0.4) is 0 Å². The molecule has 1 aromatic heterocycles. The van der Waals surface area contributed by atoms with E-state index in [0.717, 1.165) is 4.90 Å². The molecule has 1 aromatic rings. The number of nitrogens with one attached hydrogen (secondary N) is 1. The molecule has 1 N–H and O–H groups in total. The van der Waals surface area contributed by atoms with Gasteiger partial charge >= 0.3 is 0 Å². The van der Waals surface area contributed by atoms with Crippen molar-refractivity contribution in [1.29, 1.82) is 0 Å². The number of aromatic nitrogens is 1. The minimum atomic E-state index is -0.833. The Balaban J connectivity index is 2.70. The number of rotatable bonds is 4. The van der Waals surface area contributed by atoms with Crippen molar-refractivity contribution in [2.45, 2.75) is 6.92 Å². The van der Waals surface area contributed by atoms with Gasteiger partial charge in [-0.2, -0.15) is 4.39 Å². The summed E-state index contributed by atoms with van der Waals surface area (Å²) in [6, 6.07) is 2.80. The van der Waals surface area contributed by atoms with E-state index in [4.69, 9.17) is 0 Å². The monoisotopic (exact) mass is 239 g/mol. The molecule has 0 fully saturated rings.